The Morgan fingerprint density at radius 1 is 1.25 bits per heavy atom. The molecule has 146 valence electrons. The van der Waals surface area contributed by atoms with Gasteiger partial charge in [-0.2, -0.15) is 5.10 Å². The fourth-order valence-corrected chi connectivity index (χ4v) is 4.29. The van der Waals surface area contributed by atoms with Gasteiger partial charge in [0.1, 0.15) is 0 Å². The van der Waals surface area contributed by atoms with Crippen LogP contribution < -0.4 is 5.32 Å². The van der Waals surface area contributed by atoms with Crippen molar-refractivity contribution >= 4 is 23.4 Å². The molecule has 1 unspecified atom stereocenters. The van der Waals surface area contributed by atoms with E-state index in [1.54, 1.807) is 4.68 Å². The summed E-state index contributed by atoms with van der Waals surface area (Å²) in [6, 6.07) is 10.8. The average molecular weight is 396 g/mol. The SMILES string of the molecule is Cc1nn(C)c(C)c1NC(=O)C(C)Sc1ncc(-c2ccccc2)n1C1CC1. The van der Waals surface area contributed by atoms with E-state index in [1.807, 2.05) is 52.2 Å². The van der Waals surface area contributed by atoms with Gasteiger partial charge in [-0.1, -0.05) is 42.1 Å². The van der Waals surface area contributed by atoms with Crippen LogP contribution in [0.15, 0.2) is 41.7 Å². The molecule has 4 rings (SSSR count). The van der Waals surface area contributed by atoms with E-state index in [4.69, 9.17) is 0 Å². The summed E-state index contributed by atoms with van der Waals surface area (Å²) in [6.45, 7) is 5.79. The number of hydrogen-bond acceptors (Lipinski definition) is 4. The largest absolute Gasteiger partial charge is 0.322 e. The second-order valence-electron chi connectivity index (χ2n) is 7.31. The molecule has 0 aliphatic heterocycles. The van der Waals surface area contributed by atoms with Crippen LogP contribution in [0.2, 0.25) is 0 Å². The van der Waals surface area contributed by atoms with Gasteiger partial charge in [0, 0.05) is 13.1 Å². The first-order valence-electron chi connectivity index (χ1n) is 9.56. The predicted molar refractivity (Wildman–Crippen MR) is 113 cm³/mol. The Morgan fingerprint density at radius 3 is 2.57 bits per heavy atom. The number of nitrogens with one attached hydrogen (secondary N) is 1. The van der Waals surface area contributed by atoms with Crippen LogP contribution in [0, 0.1) is 13.8 Å². The van der Waals surface area contributed by atoms with Crippen LogP contribution >= 0.6 is 11.8 Å². The molecule has 1 aliphatic carbocycles. The lowest BCUT2D eigenvalue weighted by atomic mass is 10.2. The molecule has 3 aromatic rings. The number of thioether (sulfide) groups is 1. The van der Waals surface area contributed by atoms with Gasteiger partial charge in [-0.15, -0.1) is 0 Å². The molecule has 2 heterocycles. The van der Waals surface area contributed by atoms with Gasteiger partial charge in [0.05, 0.1) is 34.2 Å². The zero-order valence-corrected chi connectivity index (χ0v) is 17.5. The lowest BCUT2D eigenvalue weighted by molar-refractivity contribution is -0.115. The molecule has 1 N–H and O–H groups in total. The normalized spacial score (nSPS) is 14.9. The highest BCUT2D eigenvalue weighted by molar-refractivity contribution is 8.00. The minimum atomic E-state index is -0.262. The molecule has 6 nitrogen and oxygen atoms in total. The summed E-state index contributed by atoms with van der Waals surface area (Å²) in [5, 5.41) is 8.05. The number of carbonyl (C=O) groups is 1. The summed E-state index contributed by atoms with van der Waals surface area (Å²) in [7, 11) is 1.88. The van der Waals surface area contributed by atoms with Crippen molar-refractivity contribution in [3.63, 3.8) is 0 Å². The van der Waals surface area contributed by atoms with E-state index in [9.17, 15) is 4.79 Å². The molecular weight excluding hydrogens is 370 g/mol. The fourth-order valence-electron chi connectivity index (χ4n) is 3.33. The van der Waals surface area contributed by atoms with E-state index in [0.29, 0.717) is 6.04 Å². The molecule has 2 aromatic heterocycles. The molecule has 1 fully saturated rings. The van der Waals surface area contributed by atoms with Gasteiger partial charge in [-0.05, 0) is 39.2 Å². The zero-order chi connectivity index (χ0) is 19.8. The third-order valence-electron chi connectivity index (χ3n) is 5.15. The van der Waals surface area contributed by atoms with Crippen LogP contribution in [-0.2, 0) is 11.8 Å². The minimum absolute atomic E-state index is 0.0317. The Hall–Kier alpha value is -2.54. The Kier molecular flexibility index (Phi) is 5.02. The molecule has 7 heteroatoms. The molecule has 1 amide bonds. The summed E-state index contributed by atoms with van der Waals surface area (Å²) in [4.78, 5) is 17.4. The maximum atomic E-state index is 12.8. The Labute approximate surface area is 169 Å². The number of nitrogens with zero attached hydrogens (tertiary/aromatic N) is 4. The maximum absolute atomic E-state index is 12.8. The number of rotatable bonds is 6. The topological polar surface area (TPSA) is 64.7 Å². The van der Waals surface area contributed by atoms with Crippen molar-refractivity contribution < 1.29 is 4.79 Å². The van der Waals surface area contributed by atoms with Gasteiger partial charge in [0.25, 0.3) is 0 Å². The van der Waals surface area contributed by atoms with Crippen molar-refractivity contribution in [3.8, 4) is 11.3 Å². The maximum Gasteiger partial charge on any atom is 0.237 e. The van der Waals surface area contributed by atoms with Crippen LogP contribution in [0.4, 0.5) is 5.69 Å². The number of amides is 1. The van der Waals surface area contributed by atoms with Crippen molar-refractivity contribution in [2.24, 2.45) is 7.05 Å². The molecule has 0 bridgehead atoms. The van der Waals surface area contributed by atoms with Gasteiger partial charge < -0.3 is 9.88 Å². The number of carbonyl (C=O) groups excluding carboxylic acids is 1. The Morgan fingerprint density at radius 2 is 1.96 bits per heavy atom. The molecule has 1 aliphatic rings. The second-order valence-corrected chi connectivity index (χ2v) is 8.62. The molecule has 1 atom stereocenters. The predicted octanol–water partition coefficient (Wildman–Crippen LogP) is 4.35. The standard InChI is InChI=1S/C21H25N5OS/c1-13-19(14(2)25(4)24-13)23-20(27)15(3)28-21-22-12-18(26(21)17-10-11-17)16-8-6-5-7-9-16/h5-9,12,15,17H,10-11H2,1-4H3,(H,23,27). The number of imidazole rings is 1. The highest BCUT2D eigenvalue weighted by atomic mass is 32.2. The second kappa shape index (κ2) is 7.47. The number of aryl methyl sites for hydroxylation is 2. The third-order valence-corrected chi connectivity index (χ3v) is 6.23. The van der Waals surface area contributed by atoms with Crippen molar-refractivity contribution in [1.29, 1.82) is 0 Å². The monoisotopic (exact) mass is 395 g/mol. The van der Waals surface area contributed by atoms with E-state index >= 15 is 0 Å². The molecule has 1 aromatic carbocycles. The quantitative estimate of drug-likeness (QED) is 0.630. The van der Waals surface area contributed by atoms with Crippen LogP contribution in [0.5, 0.6) is 0 Å². The molecule has 0 spiro atoms. The van der Waals surface area contributed by atoms with Crippen molar-refractivity contribution in [2.45, 2.75) is 50.1 Å². The average Bonchev–Trinajstić information content (AvgIpc) is 3.40. The van der Waals surface area contributed by atoms with Crippen LogP contribution in [0.3, 0.4) is 0 Å². The van der Waals surface area contributed by atoms with E-state index in [-0.39, 0.29) is 11.2 Å². The molecule has 1 saturated carbocycles. The van der Waals surface area contributed by atoms with Gasteiger partial charge in [-0.25, -0.2) is 4.98 Å². The molecule has 28 heavy (non-hydrogen) atoms. The number of hydrogen-bond donors (Lipinski definition) is 1. The Balaban J connectivity index is 1.54. The summed E-state index contributed by atoms with van der Waals surface area (Å²) >= 11 is 1.51. The number of aromatic nitrogens is 4. The zero-order valence-electron chi connectivity index (χ0n) is 16.6. The number of anilines is 1. The first kappa shape index (κ1) is 18.8. The van der Waals surface area contributed by atoms with E-state index in [0.717, 1.165) is 33.5 Å². The first-order chi connectivity index (χ1) is 13.5. The summed E-state index contributed by atoms with van der Waals surface area (Å²) < 4.78 is 4.08. The van der Waals surface area contributed by atoms with E-state index < -0.39 is 0 Å². The highest BCUT2D eigenvalue weighted by Crippen LogP contribution is 2.42. The molecular formula is C21H25N5OS. The highest BCUT2D eigenvalue weighted by Gasteiger charge is 2.30. The summed E-state index contributed by atoms with van der Waals surface area (Å²) in [5.74, 6) is -0.0317. The molecule has 0 radical (unpaired) electrons. The Bertz CT molecular complexity index is 1000. The fraction of sp³-hybridized carbons (Fsp3) is 0.381. The van der Waals surface area contributed by atoms with Crippen LogP contribution in [0.25, 0.3) is 11.3 Å². The van der Waals surface area contributed by atoms with E-state index in [1.165, 1.54) is 24.6 Å². The smallest absolute Gasteiger partial charge is 0.237 e. The summed E-state index contributed by atoms with van der Waals surface area (Å²) in [6.07, 6.45) is 4.26. The van der Waals surface area contributed by atoms with Crippen molar-refractivity contribution in [2.75, 3.05) is 5.32 Å². The van der Waals surface area contributed by atoms with Crippen molar-refractivity contribution in [1.82, 2.24) is 19.3 Å². The van der Waals surface area contributed by atoms with E-state index in [2.05, 4.69) is 32.1 Å². The molecule has 0 saturated heterocycles. The first-order valence-corrected chi connectivity index (χ1v) is 10.4. The third kappa shape index (κ3) is 3.58. The van der Waals surface area contributed by atoms with Gasteiger partial charge in [0.2, 0.25) is 5.91 Å². The lowest BCUT2D eigenvalue weighted by Gasteiger charge is -2.15. The van der Waals surface area contributed by atoms with Crippen molar-refractivity contribution in [3.05, 3.63) is 47.9 Å². The van der Waals surface area contributed by atoms with Gasteiger partial charge >= 0.3 is 0 Å². The lowest BCUT2D eigenvalue weighted by Crippen LogP contribution is -2.23. The van der Waals surface area contributed by atoms with Gasteiger partial charge in [-0.3, -0.25) is 9.48 Å². The number of benzene rings is 1. The van der Waals surface area contributed by atoms with Gasteiger partial charge in [0.15, 0.2) is 5.16 Å². The van der Waals surface area contributed by atoms with Crippen LogP contribution in [0.1, 0.15) is 37.2 Å². The van der Waals surface area contributed by atoms with Crippen LogP contribution in [-0.4, -0.2) is 30.5 Å². The summed E-state index contributed by atoms with van der Waals surface area (Å²) in [5.41, 5.74) is 4.87. The minimum Gasteiger partial charge on any atom is -0.322 e.